The minimum absolute atomic E-state index is 0.328. The van der Waals surface area contributed by atoms with E-state index in [1.807, 2.05) is 43.3 Å². The number of anilines is 1. The topological polar surface area (TPSA) is 62.9 Å². The molecule has 7 heteroatoms. The van der Waals surface area contributed by atoms with Crippen molar-refractivity contribution in [3.63, 3.8) is 0 Å². The van der Waals surface area contributed by atoms with E-state index in [1.54, 1.807) is 16.8 Å². The minimum Gasteiger partial charge on any atom is -0.364 e. The molecule has 0 aliphatic carbocycles. The van der Waals surface area contributed by atoms with Gasteiger partial charge < -0.3 is 14.7 Å². The highest BCUT2D eigenvalue weighted by molar-refractivity contribution is 6.29. The number of hydrogen-bond donors (Lipinski definition) is 1. The Balaban J connectivity index is 1.79. The van der Waals surface area contributed by atoms with Crippen molar-refractivity contribution >= 4 is 23.1 Å². The maximum atomic E-state index is 10.3. The summed E-state index contributed by atoms with van der Waals surface area (Å²) in [6, 6.07) is 22.2. The van der Waals surface area contributed by atoms with Crippen LogP contribution in [0, 0.1) is 0 Å². The first-order chi connectivity index (χ1) is 14.7. The van der Waals surface area contributed by atoms with Crippen molar-refractivity contribution in [3.05, 3.63) is 94.8 Å². The van der Waals surface area contributed by atoms with Gasteiger partial charge in [0, 0.05) is 25.8 Å². The molecule has 0 radical (unpaired) electrons. The Bertz CT molecular complexity index is 1060. The third kappa shape index (κ3) is 4.46. The zero-order valence-corrected chi connectivity index (χ0v) is 17.4. The number of hydrogen-bond acceptors (Lipinski definition) is 5. The van der Waals surface area contributed by atoms with Crippen molar-refractivity contribution in [2.75, 3.05) is 11.5 Å². The molecule has 154 valence electrons. The van der Waals surface area contributed by atoms with Crippen molar-refractivity contribution in [1.29, 1.82) is 0 Å². The fourth-order valence-electron chi connectivity index (χ4n) is 3.41. The normalized spacial score (nSPS) is 12.2. The highest BCUT2D eigenvalue weighted by Gasteiger charge is 2.20. The number of rotatable bonds is 8. The summed E-state index contributed by atoms with van der Waals surface area (Å²) in [7, 11) is 0. The molecule has 0 saturated carbocycles. The predicted molar refractivity (Wildman–Crippen MR) is 117 cm³/mol. The average molecular weight is 423 g/mol. The number of aromatic nitrogens is 3. The van der Waals surface area contributed by atoms with E-state index < -0.39 is 6.29 Å². The van der Waals surface area contributed by atoms with Gasteiger partial charge in [-0.1, -0.05) is 72.3 Å². The molecule has 6 nitrogen and oxygen atoms in total. The molecule has 0 amide bonds. The molecule has 1 N–H and O–H groups in total. The summed E-state index contributed by atoms with van der Waals surface area (Å²) in [5.74, 6) is 0.785. The van der Waals surface area contributed by atoms with Crippen LogP contribution in [0.1, 0.15) is 29.9 Å². The molecule has 0 bridgehead atoms. The Hall–Kier alpha value is -2.93. The third-order valence-electron chi connectivity index (χ3n) is 4.80. The van der Waals surface area contributed by atoms with E-state index in [2.05, 4.69) is 39.2 Å². The molecule has 2 heterocycles. The quantitative estimate of drug-likeness (QED) is 0.331. The SMILES string of the molecule is CCOC(O)c1cnn2c(N(Cc3ccccc3)Cc3ccccc3)cc(Cl)nc12. The summed E-state index contributed by atoms with van der Waals surface area (Å²) in [4.78, 5) is 6.58. The molecule has 0 spiro atoms. The van der Waals surface area contributed by atoms with Gasteiger partial charge in [-0.05, 0) is 18.1 Å². The number of ether oxygens (including phenoxy) is 1. The molecule has 2 aromatic heterocycles. The van der Waals surface area contributed by atoms with Crippen LogP contribution in [0.4, 0.5) is 5.82 Å². The number of aliphatic hydroxyl groups excluding tert-OH is 1. The van der Waals surface area contributed by atoms with Crippen molar-refractivity contribution in [3.8, 4) is 0 Å². The molecule has 0 aliphatic rings. The zero-order valence-electron chi connectivity index (χ0n) is 16.6. The van der Waals surface area contributed by atoms with E-state index in [1.165, 1.54) is 0 Å². The van der Waals surface area contributed by atoms with Crippen molar-refractivity contribution in [2.24, 2.45) is 0 Å². The number of fused-ring (bicyclic) bond motifs is 1. The highest BCUT2D eigenvalue weighted by atomic mass is 35.5. The van der Waals surface area contributed by atoms with Crippen molar-refractivity contribution in [1.82, 2.24) is 14.6 Å². The number of aliphatic hydroxyl groups is 1. The van der Waals surface area contributed by atoms with Crippen molar-refractivity contribution < 1.29 is 9.84 Å². The summed E-state index contributed by atoms with van der Waals surface area (Å²) in [6.45, 7) is 3.52. The van der Waals surface area contributed by atoms with Crippen LogP contribution in [0.5, 0.6) is 0 Å². The molecule has 1 atom stereocenters. The van der Waals surface area contributed by atoms with Crippen LogP contribution in [-0.2, 0) is 17.8 Å². The molecular formula is C23H23ClN4O2. The molecule has 0 aliphatic heterocycles. The summed E-state index contributed by atoms with van der Waals surface area (Å²) in [6.07, 6.45) is 0.467. The second kappa shape index (κ2) is 9.26. The maximum Gasteiger partial charge on any atom is 0.186 e. The van der Waals surface area contributed by atoms with Gasteiger partial charge in [-0.2, -0.15) is 9.61 Å². The summed E-state index contributed by atoms with van der Waals surface area (Å²) >= 11 is 6.38. The first-order valence-corrected chi connectivity index (χ1v) is 10.2. The van der Waals surface area contributed by atoms with Crippen LogP contribution >= 0.6 is 11.6 Å². The van der Waals surface area contributed by atoms with Gasteiger partial charge in [0.2, 0.25) is 0 Å². The number of nitrogens with zero attached hydrogens (tertiary/aromatic N) is 4. The summed E-state index contributed by atoms with van der Waals surface area (Å²) in [5.41, 5.74) is 3.29. The number of halogens is 1. The van der Waals surface area contributed by atoms with Gasteiger partial charge in [0.05, 0.1) is 11.8 Å². The predicted octanol–water partition coefficient (Wildman–Crippen LogP) is 4.62. The second-order valence-corrected chi connectivity index (χ2v) is 7.29. The molecule has 2 aromatic carbocycles. The molecular weight excluding hydrogens is 400 g/mol. The van der Waals surface area contributed by atoms with Gasteiger partial charge in [-0.15, -0.1) is 0 Å². The Morgan fingerprint density at radius 1 is 1.03 bits per heavy atom. The highest BCUT2D eigenvalue weighted by Crippen LogP contribution is 2.28. The van der Waals surface area contributed by atoms with E-state index in [0.29, 0.717) is 36.1 Å². The van der Waals surface area contributed by atoms with Crippen LogP contribution in [0.25, 0.3) is 5.65 Å². The van der Waals surface area contributed by atoms with Gasteiger partial charge in [0.15, 0.2) is 11.9 Å². The average Bonchev–Trinajstić information content (AvgIpc) is 3.18. The Morgan fingerprint density at radius 2 is 1.63 bits per heavy atom. The lowest BCUT2D eigenvalue weighted by Gasteiger charge is -2.26. The Morgan fingerprint density at radius 3 is 2.20 bits per heavy atom. The zero-order chi connectivity index (χ0) is 20.9. The van der Waals surface area contributed by atoms with Crippen LogP contribution in [0.2, 0.25) is 5.15 Å². The van der Waals surface area contributed by atoms with E-state index >= 15 is 0 Å². The van der Waals surface area contributed by atoms with Gasteiger partial charge in [0.25, 0.3) is 0 Å². The Labute approximate surface area is 180 Å². The van der Waals surface area contributed by atoms with E-state index in [-0.39, 0.29) is 0 Å². The first-order valence-electron chi connectivity index (χ1n) is 9.82. The molecule has 1 unspecified atom stereocenters. The maximum absolute atomic E-state index is 10.3. The molecule has 4 rings (SSSR count). The lowest BCUT2D eigenvalue weighted by atomic mass is 10.1. The van der Waals surface area contributed by atoms with Crippen LogP contribution in [0.15, 0.2) is 72.9 Å². The molecule has 4 aromatic rings. The summed E-state index contributed by atoms with van der Waals surface area (Å²) < 4.78 is 7.04. The standard InChI is InChI=1S/C23H23ClN4O2/c1-2-30-23(29)19-14-25-28-21(13-20(24)26-22(19)28)27(15-17-9-5-3-6-10-17)16-18-11-7-4-8-12-18/h3-14,23,29H,2,15-16H2,1H3. The van der Waals surface area contributed by atoms with Crippen molar-refractivity contribution in [2.45, 2.75) is 26.3 Å². The molecule has 0 saturated heterocycles. The second-order valence-electron chi connectivity index (χ2n) is 6.91. The molecule has 0 fully saturated rings. The van der Waals surface area contributed by atoms with Gasteiger partial charge >= 0.3 is 0 Å². The van der Waals surface area contributed by atoms with Crippen LogP contribution in [0.3, 0.4) is 0 Å². The van der Waals surface area contributed by atoms with Crippen LogP contribution in [-0.4, -0.2) is 26.3 Å². The Kier molecular flexibility index (Phi) is 6.28. The largest absolute Gasteiger partial charge is 0.364 e. The summed E-state index contributed by atoms with van der Waals surface area (Å²) in [5, 5.41) is 15.1. The monoisotopic (exact) mass is 422 g/mol. The number of benzene rings is 2. The van der Waals surface area contributed by atoms with Crippen LogP contribution < -0.4 is 4.90 Å². The van der Waals surface area contributed by atoms with Gasteiger partial charge in [-0.3, -0.25) is 0 Å². The lowest BCUT2D eigenvalue weighted by molar-refractivity contribution is -0.0971. The fourth-order valence-corrected chi connectivity index (χ4v) is 3.59. The van der Waals surface area contributed by atoms with Gasteiger partial charge in [-0.25, -0.2) is 4.98 Å². The fraction of sp³-hybridized carbons (Fsp3) is 0.217. The van der Waals surface area contributed by atoms with E-state index in [9.17, 15) is 5.11 Å². The smallest absolute Gasteiger partial charge is 0.186 e. The van der Waals surface area contributed by atoms with E-state index in [4.69, 9.17) is 16.3 Å². The lowest BCUT2D eigenvalue weighted by Crippen LogP contribution is -2.25. The molecule has 30 heavy (non-hydrogen) atoms. The first kappa shape index (κ1) is 20.3. The minimum atomic E-state index is -1.11. The third-order valence-corrected chi connectivity index (χ3v) is 4.99. The van der Waals surface area contributed by atoms with E-state index in [0.717, 1.165) is 16.9 Å². The van der Waals surface area contributed by atoms with Gasteiger partial charge in [0.1, 0.15) is 11.0 Å².